The highest BCUT2D eigenvalue weighted by Crippen LogP contribution is 2.31. The molecular formula is C13H14BrN3S. The zero-order chi connectivity index (χ0) is 12.5. The standard InChI is InChI=1S/C13H14BrN3S/c14-9-5-8(6-16-7-9)12(15)13-17-10-3-1-2-4-11(10)18-13/h5-7,12H,1-4,15H2. The summed E-state index contributed by atoms with van der Waals surface area (Å²) in [4.78, 5) is 10.3. The molecule has 3 rings (SSSR count). The van der Waals surface area contributed by atoms with Crippen molar-refractivity contribution in [3.8, 4) is 0 Å². The van der Waals surface area contributed by atoms with Crippen LogP contribution in [-0.2, 0) is 12.8 Å². The Balaban J connectivity index is 1.92. The molecule has 0 aliphatic heterocycles. The zero-order valence-corrected chi connectivity index (χ0v) is 12.3. The molecule has 1 unspecified atom stereocenters. The number of fused-ring (bicyclic) bond motifs is 1. The molecule has 0 amide bonds. The molecule has 0 spiro atoms. The number of pyridine rings is 1. The average molecular weight is 324 g/mol. The third-order valence-electron chi connectivity index (χ3n) is 3.21. The molecule has 1 aliphatic carbocycles. The van der Waals surface area contributed by atoms with Crippen LogP contribution in [0.3, 0.4) is 0 Å². The van der Waals surface area contributed by atoms with Crippen molar-refractivity contribution in [1.82, 2.24) is 9.97 Å². The summed E-state index contributed by atoms with van der Waals surface area (Å²) in [5.41, 5.74) is 8.56. The van der Waals surface area contributed by atoms with E-state index in [0.29, 0.717) is 0 Å². The fourth-order valence-electron chi connectivity index (χ4n) is 2.25. The third-order valence-corrected chi connectivity index (χ3v) is 4.89. The van der Waals surface area contributed by atoms with Crippen LogP contribution in [0.2, 0.25) is 0 Å². The highest BCUT2D eigenvalue weighted by Gasteiger charge is 2.19. The molecule has 0 aromatic carbocycles. The fraction of sp³-hybridized carbons (Fsp3) is 0.385. The molecule has 0 fully saturated rings. The molecule has 1 aliphatic rings. The second-order valence-electron chi connectivity index (χ2n) is 4.54. The number of halogens is 1. The number of nitrogens with two attached hydrogens (primary N) is 1. The van der Waals surface area contributed by atoms with Crippen LogP contribution in [0.25, 0.3) is 0 Å². The van der Waals surface area contributed by atoms with E-state index in [1.807, 2.05) is 12.3 Å². The molecule has 94 valence electrons. The van der Waals surface area contributed by atoms with E-state index >= 15 is 0 Å². The lowest BCUT2D eigenvalue weighted by atomic mass is 10.0. The molecule has 0 saturated heterocycles. The molecule has 18 heavy (non-hydrogen) atoms. The van der Waals surface area contributed by atoms with Crippen LogP contribution < -0.4 is 5.73 Å². The lowest BCUT2D eigenvalue weighted by Crippen LogP contribution is -2.12. The summed E-state index contributed by atoms with van der Waals surface area (Å²) < 4.78 is 0.955. The highest BCUT2D eigenvalue weighted by atomic mass is 79.9. The van der Waals surface area contributed by atoms with Crippen LogP contribution in [0, 0.1) is 0 Å². The Hall–Kier alpha value is -0.780. The molecule has 1 atom stereocenters. The van der Waals surface area contributed by atoms with Gasteiger partial charge in [0.2, 0.25) is 0 Å². The highest BCUT2D eigenvalue weighted by molar-refractivity contribution is 9.10. The van der Waals surface area contributed by atoms with Gasteiger partial charge in [0, 0.05) is 21.7 Å². The first kappa shape index (κ1) is 12.3. The van der Waals surface area contributed by atoms with Gasteiger partial charge in [0.15, 0.2) is 0 Å². The van der Waals surface area contributed by atoms with Gasteiger partial charge < -0.3 is 5.73 Å². The van der Waals surface area contributed by atoms with E-state index in [0.717, 1.165) is 27.9 Å². The van der Waals surface area contributed by atoms with Gasteiger partial charge in [0.25, 0.3) is 0 Å². The van der Waals surface area contributed by atoms with Crippen LogP contribution in [-0.4, -0.2) is 9.97 Å². The lowest BCUT2D eigenvalue weighted by Gasteiger charge is -2.08. The van der Waals surface area contributed by atoms with Crippen molar-refractivity contribution in [3.05, 3.63) is 44.1 Å². The SMILES string of the molecule is NC(c1cncc(Br)c1)c1nc2c(s1)CCCC2. The molecule has 2 aromatic heterocycles. The second kappa shape index (κ2) is 5.07. The van der Waals surface area contributed by atoms with E-state index < -0.39 is 0 Å². The van der Waals surface area contributed by atoms with E-state index in [4.69, 9.17) is 10.7 Å². The van der Waals surface area contributed by atoms with E-state index in [-0.39, 0.29) is 6.04 Å². The maximum absolute atomic E-state index is 6.28. The first-order valence-electron chi connectivity index (χ1n) is 6.08. The van der Waals surface area contributed by atoms with Crippen molar-refractivity contribution >= 4 is 27.3 Å². The predicted octanol–water partition coefficient (Wildman–Crippen LogP) is 3.23. The number of hydrogen-bond donors (Lipinski definition) is 1. The van der Waals surface area contributed by atoms with Crippen molar-refractivity contribution in [2.45, 2.75) is 31.7 Å². The molecule has 2 N–H and O–H groups in total. The predicted molar refractivity (Wildman–Crippen MR) is 76.7 cm³/mol. The summed E-state index contributed by atoms with van der Waals surface area (Å²) in [6, 6.07) is 1.85. The van der Waals surface area contributed by atoms with E-state index in [1.54, 1.807) is 17.5 Å². The Bertz CT molecular complexity index is 544. The van der Waals surface area contributed by atoms with Crippen molar-refractivity contribution in [2.75, 3.05) is 0 Å². The Morgan fingerprint density at radius 2 is 2.11 bits per heavy atom. The summed E-state index contributed by atoms with van der Waals surface area (Å²) in [5.74, 6) is 0. The number of hydrogen-bond acceptors (Lipinski definition) is 4. The monoisotopic (exact) mass is 323 g/mol. The fourth-order valence-corrected chi connectivity index (χ4v) is 3.81. The van der Waals surface area contributed by atoms with E-state index in [1.165, 1.54) is 23.4 Å². The van der Waals surface area contributed by atoms with Gasteiger partial charge in [-0.3, -0.25) is 4.98 Å². The van der Waals surface area contributed by atoms with Gasteiger partial charge in [-0.2, -0.15) is 0 Å². The summed E-state index contributed by atoms with van der Waals surface area (Å²) in [5, 5.41) is 1.02. The molecule has 5 heteroatoms. The smallest absolute Gasteiger partial charge is 0.115 e. The number of aromatic nitrogens is 2. The minimum absolute atomic E-state index is 0.161. The minimum atomic E-state index is -0.161. The summed E-state index contributed by atoms with van der Waals surface area (Å²) >= 11 is 5.19. The first-order chi connectivity index (χ1) is 8.74. The molecule has 3 nitrogen and oxygen atoms in total. The zero-order valence-electron chi connectivity index (χ0n) is 9.90. The minimum Gasteiger partial charge on any atom is -0.318 e. The van der Waals surface area contributed by atoms with Crippen molar-refractivity contribution in [2.24, 2.45) is 5.73 Å². The summed E-state index contributed by atoms with van der Waals surface area (Å²) in [7, 11) is 0. The topological polar surface area (TPSA) is 51.8 Å². The van der Waals surface area contributed by atoms with Gasteiger partial charge in [0.1, 0.15) is 5.01 Å². The van der Waals surface area contributed by atoms with Crippen molar-refractivity contribution in [3.63, 3.8) is 0 Å². The lowest BCUT2D eigenvalue weighted by molar-refractivity contribution is 0.678. The number of aryl methyl sites for hydroxylation is 2. The molecule has 0 radical (unpaired) electrons. The summed E-state index contributed by atoms with van der Waals surface area (Å²) in [6.07, 6.45) is 8.39. The third kappa shape index (κ3) is 2.35. The Morgan fingerprint density at radius 3 is 2.89 bits per heavy atom. The van der Waals surface area contributed by atoms with Crippen molar-refractivity contribution in [1.29, 1.82) is 0 Å². The van der Waals surface area contributed by atoms with E-state index in [9.17, 15) is 0 Å². The largest absolute Gasteiger partial charge is 0.318 e. The number of rotatable bonds is 2. The number of nitrogens with zero attached hydrogens (tertiary/aromatic N) is 2. The Labute approximate surface area is 119 Å². The van der Waals surface area contributed by atoms with Crippen LogP contribution in [0.5, 0.6) is 0 Å². The summed E-state index contributed by atoms with van der Waals surface area (Å²) in [6.45, 7) is 0. The second-order valence-corrected chi connectivity index (χ2v) is 6.57. The number of thiazole rings is 1. The molecule has 0 saturated carbocycles. The Kier molecular flexibility index (Phi) is 3.46. The van der Waals surface area contributed by atoms with Gasteiger partial charge in [-0.25, -0.2) is 4.98 Å². The quantitative estimate of drug-likeness (QED) is 0.923. The van der Waals surface area contributed by atoms with Gasteiger partial charge in [-0.1, -0.05) is 0 Å². The normalized spacial score (nSPS) is 16.3. The average Bonchev–Trinajstić information content (AvgIpc) is 2.81. The molecule has 0 bridgehead atoms. The van der Waals surface area contributed by atoms with Gasteiger partial charge >= 0.3 is 0 Å². The van der Waals surface area contributed by atoms with Crippen molar-refractivity contribution < 1.29 is 0 Å². The maximum atomic E-state index is 6.28. The van der Waals surface area contributed by atoms with Gasteiger partial charge in [-0.05, 0) is 53.2 Å². The van der Waals surface area contributed by atoms with Gasteiger partial charge in [0.05, 0.1) is 11.7 Å². The van der Waals surface area contributed by atoms with Crippen LogP contribution in [0.1, 0.15) is 40.0 Å². The molecular weight excluding hydrogens is 310 g/mol. The Morgan fingerprint density at radius 1 is 1.28 bits per heavy atom. The van der Waals surface area contributed by atoms with Crippen LogP contribution in [0.4, 0.5) is 0 Å². The van der Waals surface area contributed by atoms with E-state index in [2.05, 4.69) is 20.9 Å². The van der Waals surface area contributed by atoms with Gasteiger partial charge in [-0.15, -0.1) is 11.3 Å². The first-order valence-corrected chi connectivity index (χ1v) is 7.69. The molecule has 2 heterocycles. The van der Waals surface area contributed by atoms with Crippen LogP contribution >= 0.6 is 27.3 Å². The molecule has 2 aromatic rings. The van der Waals surface area contributed by atoms with Crippen LogP contribution in [0.15, 0.2) is 22.9 Å². The maximum Gasteiger partial charge on any atom is 0.115 e.